The Morgan fingerprint density at radius 2 is 2.24 bits per heavy atom. The molecule has 0 radical (unpaired) electrons. The maximum atomic E-state index is 6.09. The number of hydrogen-bond acceptors (Lipinski definition) is 5. The van der Waals surface area contributed by atoms with Gasteiger partial charge in [0.25, 0.3) is 0 Å². The number of fused-ring (bicyclic) bond motifs is 1. The average molecular weight is 308 g/mol. The number of nitrogens with zero attached hydrogens (tertiary/aromatic N) is 3. The molecule has 0 atom stereocenters. The quantitative estimate of drug-likeness (QED) is 0.868. The van der Waals surface area contributed by atoms with E-state index in [1.54, 1.807) is 18.5 Å². The minimum atomic E-state index is 0.586. The fraction of sp³-hybridized carbons (Fsp3) is 0.467. The smallest absolute Gasteiger partial charge is 0.215 e. The lowest BCUT2D eigenvalue weighted by Crippen LogP contribution is -2.30. The summed E-state index contributed by atoms with van der Waals surface area (Å²) in [6.07, 6.45) is 4.47. The van der Waals surface area contributed by atoms with Crippen molar-refractivity contribution in [1.82, 2.24) is 14.9 Å². The van der Waals surface area contributed by atoms with E-state index in [0.717, 1.165) is 50.2 Å². The summed E-state index contributed by atoms with van der Waals surface area (Å²) in [5, 5.41) is 1.50. The summed E-state index contributed by atoms with van der Waals surface area (Å²) >= 11 is 6.09. The van der Waals surface area contributed by atoms with Crippen molar-refractivity contribution in [3.8, 4) is 5.88 Å². The Morgan fingerprint density at radius 3 is 3.19 bits per heavy atom. The molecule has 0 aliphatic carbocycles. The predicted octanol–water partition coefficient (Wildman–Crippen LogP) is 2.38. The van der Waals surface area contributed by atoms with Crippen LogP contribution in [0.25, 0.3) is 10.9 Å². The topological polar surface area (TPSA) is 47.5 Å². The molecule has 0 spiro atoms. The molecule has 1 aliphatic rings. The van der Waals surface area contributed by atoms with Crippen LogP contribution in [-0.2, 0) is 4.74 Å². The highest BCUT2D eigenvalue weighted by molar-refractivity contribution is 6.35. The number of aromatic nitrogens is 2. The van der Waals surface area contributed by atoms with Crippen LogP contribution in [0.15, 0.2) is 24.5 Å². The number of rotatable bonds is 4. The molecule has 1 saturated heterocycles. The van der Waals surface area contributed by atoms with Gasteiger partial charge in [-0.1, -0.05) is 11.6 Å². The highest BCUT2D eigenvalue weighted by Crippen LogP contribution is 2.22. The van der Waals surface area contributed by atoms with E-state index in [1.807, 2.05) is 6.07 Å². The Balaban J connectivity index is 1.57. The first kappa shape index (κ1) is 14.5. The maximum Gasteiger partial charge on any atom is 0.215 e. The van der Waals surface area contributed by atoms with E-state index >= 15 is 0 Å². The van der Waals surface area contributed by atoms with Crippen molar-refractivity contribution >= 4 is 22.5 Å². The van der Waals surface area contributed by atoms with Gasteiger partial charge in [0.2, 0.25) is 5.88 Å². The Hall–Kier alpha value is -1.43. The van der Waals surface area contributed by atoms with Gasteiger partial charge in [-0.3, -0.25) is 9.88 Å². The Bertz CT molecular complexity index is 600. The van der Waals surface area contributed by atoms with E-state index < -0.39 is 0 Å². The van der Waals surface area contributed by atoms with Gasteiger partial charge in [-0.2, -0.15) is 0 Å². The van der Waals surface area contributed by atoms with Crippen LogP contribution in [0.3, 0.4) is 0 Å². The lowest BCUT2D eigenvalue weighted by Gasteiger charge is -2.18. The summed E-state index contributed by atoms with van der Waals surface area (Å²) in [6.45, 7) is 5.18. The fourth-order valence-electron chi connectivity index (χ4n) is 2.37. The van der Waals surface area contributed by atoms with Crippen LogP contribution in [-0.4, -0.2) is 54.3 Å². The second kappa shape index (κ2) is 7.02. The third-order valence-corrected chi connectivity index (χ3v) is 3.85. The van der Waals surface area contributed by atoms with Gasteiger partial charge in [0.1, 0.15) is 6.61 Å². The molecule has 5 nitrogen and oxygen atoms in total. The number of halogens is 1. The SMILES string of the molecule is Clc1ccnc2cc(OCCN3CCCOCC3)ncc12. The minimum Gasteiger partial charge on any atom is -0.476 e. The van der Waals surface area contributed by atoms with E-state index in [9.17, 15) is 0 Å². The highest BCUT2D eigenvalue weighted by atomic mass is 35.5. The van der Waals surface area contributed by atoms with Crippen LogP contribution in [0.2, 0.25) is 5.02 Å². The van der Waals surface area contributed by atoms with Crippen LogP contribution >= 0.6 is 11.6 Å². The monoisotopic (exact) mass is 307 g/mol. The summed E-state index contributed by atoms with van der Waals surface area (Å²) in [7, 11) is 0. The molecule has 21 heavy (non-hydrogen) atoms. The van der Waals surface area contributed by atoms with Crippen molar-refractivity contribution in [3.63, 3.8) is 0 Å². The van der Waals surface area contributed by atoms with Crippen molar-refractivity contribution in [2.24, 2.45) is 0 Å². The van der Waals surface area contributed by atoms with E-state index in [4.69, 9.17) is 21.1 Å². The van der Waals surface area contributed by atoms with Gasteiger partial charge in [0.05, 0.1) is 17.1 Å². The lowest BCUT2D eigenvalue weighted by atomic mass is 10.3. The van der Waals surface area contributed by atoms with Crippen LogP contribution in [0.5, 0.6) is 5.88 Å². The minimum absolute atomic E-state index is 0.586. The lowest BCUT2D eigenvalue weighted by molar-refractivity contribution is 0.137. The van der Waals surface area contributed by atoms with Crippen molar-refractivity contribution in [2.45, 2.75) is 6.42 Å². The molecule has 3 rings (SSSR count). The van der Waals surface area contributed by atoms with Crippen molar-refractivity contribution in [2.75, 3.05) is 39.5 Å². The summed E-state index contributed by atoms with van der Waals surface area (Å²) < 4.78 is 11.2. The molecular formula is C15H18ClN3O2. The molecule has 112 valence electrons. The van der Waals surface area contributed by atoms with Gasteiger partial charge in [-0.25, -0.2) is 4.98 Å². The molecule has 0 unspecified atom stereocenters. The van der Waals surface area contributed by atoms with Crippen molar-refractivity contribution in [3.05, 3.63) is 29.5 Å². The normalized spacial score (nSPS) is 16.8. The fourth-order valence-corrected chi connectivity index (χ4v) is 2.57. The summed E-state index contributed by atoms with van der Waals surface area (Å²) in [5.41, 5.74) is 0.802. The standard InChI is InChI=1S/C15H18ClN3O2/c16-13-2-3-17-14-10-15(18-11-12(13)14)21-9-6-19-4-1-7-20-8-5-19/h2-3,10-11H,1,4-9H2. The van der Waals surface area contributed by atoms with Gasteiger partial charge < -0.3 is 9.47 Å². The van der Waals surface area contributed by atoms with Crippen LogP contribution in [0.1, 0.15) is 6.42 Å². The molecule has 0 aromatic carbocycles. The molecule has 1 aliphatic heterocycles. The second-order valence-electron chi connectivity index (χ2n) is 4.99. The van der Waals surface area contributed by atoms with Crippen molar-refractivity contribution in [1.29, 1.82) is 0 Å². The van der Waals surface area contributed by atoms with E-state index in [0.29, 0.717) is 17.5 Å². The van der Waals surface area contributed by atoms with Gasteiger partial charge in [0.15, 0.2) is 0 Å². The Kier molecular flexibility index (Phi) is 4.85. The van der Waals surface area contributed by atoms with E-state index in [2.05, 4.69) is 14.9 Å². The molecule has 0 N–H and O–H groups in total. The first-order valence-corrected chi connectivity index (χ1v) is 7.54. The first-order valence-electron chi connectivity index (χ1n) is 7.16. The number of ether oxygens (including phenoxy) is 2. The molecule has 3 heterocycles. The first-order chi connectivity index (χ1) is 10.3. The van der Waals surface area contributed by atoms with E-state index in [-0.39, 0.29) is 0 Å². The predicted molar refractivity (Wildman–Crippen MR) is 81.9 cm³/mol. The van der Waals surface area contributed by atoms with Gasteiger partial charge in [-0.15, -0.1) is 0 Å². The van der Waals surface area contributed by atoms with E-state index in [1.165, 1.54) is 0 Å². The Morgan fingerprint density at radius 1 is 1.29 bits per heavy atom. The summed E-state index contributed by atoms with van der Waals surface area (Å²) in [5.74, 6) is 0.586. The van der Waals surface area contributed by atoms with Crippen LogP contribution in [0.4, 0.5) is 0 Å². The zero-order valence-corrected chi connectivity index (χ0v) is 12.6. The number of hydrogen-bond donors (Lipinski definition) is 0. The Labute approximate surface area is 128 Å². The largest absolute Gasteiger partial charge is 0.476 e. The summed E-state index contributed by atoms with van der Waals surface area (Å²) in [6, 6.07) is 3.58. The second-order valence-corrected chi connectivity index (χ2v) is 5.40. The van der Waals surface area contributed by atoms with Crippen LogP contribution in [0, 0.1) is 0 Å². The zero-order chi connectivity index (χ0) is 14.5. The molecule has 2 aromatic rings. The van der Waals surface area contributed by atoms with Gasteiger partial charge in [-0.05, 0) is 12.5 Å². The van der Waals surface area contributed by atoms with Gasteiger partial charge in [0, 0.05) is 50.1 Å². The third kappa shape index (κ3) is 3.81. The molecule has 0 saturated carbocycles. The average Bonchev–Trinajstić information content (AvgIpc) is 2.76. The summed E-state index contributed by atoms with van der Waals surface area (Å²) in [4.78, 5) is 10.9. The molecule has 6 heteroatoms. The zero-order valence-electron chi connectivity index (χ0n) is 11.8. The molecule has 0 bridgehead atoms. The maximum absolute atomic E-state index is 6.09. The van der Waals surface area contributed by atoms with Gasteiger partial charge >= 0.3 is 0 Å². The molecule has 2 aromatic heterocycles. The molecular weight excluding hydrogens is 290 g/mol. The molecule has 0 amide bonds. The molecule has 1 fully saturated rings. The third-order valence-electron chi connectivity index (χ3n) is 3.52. The number of pyridine rings is 2. The van der Waals surface area contributed by atoms with Crippen LogP contribution < -0.4 is 4.74 Å². The highest BCUT2D eigenvalue weighted by Gasteiger charge is 2.09. The van der Waals surface area contributed by atoms with Crippen molar-refractivity contribution < 1.29 is 9.47 Å².